The van der Waals surface area contributed by atoms with Crippen LogP contribution in [-0.4, -0.2) is 5.91 Å². The highest BCUT2D eigenvalue weighted by Crippen LogP contribution is 2.39. The molecule has 1 amide bonds. The van der Waals surface area contributed by atoms with Gasteiger partial charge in [-0.2, -0.15) is 0 Å². The van der Waals surface area contributed by atoms with Gasteiger partial charge in [0, 0.05) is 28.1 Å². The van der Waals surface area contributed by atoms with Crippen LogP contribution in [-0.2, 0) is 11.2 Å². The van der Waals surface area contributed by atoms with E-state index in [1.165, 1.54) is 33.0 Å². The summed E-state index contributed by atoms with van der Waals surface area (Å²) < 4.78 is 1.36. The summed E-state index contributed by atoms with van der Waals surface area (Å²) in [6, 6.07) is 16.8. The van der Waals surface area contributed by atoms with E-state index in [4.69, 9.17) is 0 Å². The summed E-state index contributed by atoms with van der Waals surface area (Å²) >= 11 is 1.87. The van der Waals surface area contributed by atoms with Crippen LogP contribution in [0, 0.1) is 0 Å². The number of rotatable bonds is 2. The third-order valence-corrected chi connectivity index (χ3v) is 5.47. The van der Waals surface area contributed by atoms with Crippen molar-refractivity contribution in [2.45, 2.75) is 19.3 Å². The van der Waals surface area contributed by atoms with E-state index in [1.54, 1.807) is 0 Å². The predicted molar refractivity (Wildman–Crippen MR) is 98.0 cm³/mol. The van der Waals surface area contributed by atoms with Gasteiger partial charge in [-0.3, -0.25) is 4.79 Å². The molecule has 3 heteroatoms. The Hall–Kier alpha value is -2.39. The standard InChI is InChI=1S/C20H17NOS/c1-13(22)21-16-9-6-14(7-10-16)15-8-11-20-18(12-15)17-4-2-3-5-19(17)23-20/h2-11,15H,12H2,1H3,(H,21,22)/t15-/m0/s1. The predicted octanol–water partition coefficient (Wildman–Crippen LogP) is 5.21. The molecule has 3 aromatic rings. The van der Waals surface area contributed by atoms with E-state index in [9.17, 15) is 4.79 Å². The summed E-state index contributed by atoms with van der Waals surface area (Å²) in [5.41, 5.74) is 3.60. The highest BCUT2D eigenvalue weighted by Gasteiger charge is 2.19. The van der Waals surface area contributed by atoms with Crippen LogP contribution >= 0.6 is 11.3 Å². The van der Waals surface area contributed by atoms with Crippen LogP contribution in [0.2, 0.25) is 0 Å². The van der Waals surface area contributed by atoms with Crippen molar-refractivity contribution in [2.75, 3.05) is 5.32 Å². The van der Waals surface area contributed by atoms with Gasteiger partial charge in [-0.15, -0.1) is 11.3 Å². The van der Waals surface area contributed by atoms with Crippen molar-refractivity contribution in [3.63, 3.8) is 0 Å². The van der Waals surface area contributed by atoms with Crippen molar-refractivity contribution < 1.29 is 4.79 Å². The first-order valence-electron chi connectivity index (χ1n) is 7.77. The Morgan fingerprint density at radius 1 is 1.13 bits per heavy atom. The van der Waals surface area contributed by atoms with Crippen molar-refractivity contribution in [1.82, 2.24) is 0 Å². The number of hydrogen-bond acceptors (Lipinski definition) is 2. The monoisotopic (exact) mass is 319 g/mol. The lowest BCUT2D eigenvalue weighted by Gasteiger charge is -2.18. The van der Waals surface area contributed by atoms with Gasteiger partial charge in [-0.05, 0) is 47.2 Å². The molecule has 1 atom stereocenters. The molecule has 1 aliphatic rings. The number of anilines is 1. The normalized spacial score (nSPS) is 16.3. The van der Waals surface area contributed by atoms with Crippen LogP contribution in [0.15, 0.2) is 54.6 Å². The van der Waals surface area contributed by atoms with Gasteiger partial charge >= 0.3 is 0 Å². The van der Waals surface area contributed by atoms with E-state index in [-0.39, 0.29) is 5.91 Å². The van der Waals surface area contributed by atoms with Crippen molar-refractivity contribution in [2.24, 2.45) is 0 Å². The zero-order valence-electron chi connectivity index (χ0n) is 12.9. The zero-order valence-corrected chi connectivity index (χ0v) is 13.7. The van der Waals surface area contributed by atoms with Gasteiger partial charge < -0.3 is 5.32 Å². The Morgan fingerprint density at radius 2 is 1.91 bits per heavy atom. The van der Waals surface area contributed by atoms with Gasteiger partial charge in [0.15, 0.2) is 0 Å². The SMILES string of the molecule is CC(=O)Nc1ccc([C@H]2C=Cc3sc4ccccc4c3C2)cc1. The maximum absolute atomic E-state index is 11.1. The molecule has 0 fully saturated rings. The average molecular weight is 319 g/mol. The largest absolute Gasteiger partial charge is 0.326 e. The number of thiophene rings is 1. The molecule has 1 heterocycles. The summed E-state index contributed by atoms with van der Waals surface area (Å²) in [4.78, 5) is 12.5. The van der Waals surface area contributed by atoms with Gasteiger partial charge in [0.2, 0.25) is 5.91 Å². The molecule has 0 bridgehead atoms. The third kappa shape index (κ3) is 2.68. The molecule has 1 aliphatic carbocycles. The molecule has 0 saturated carbocycles. The van der Waals surface area contributed by atoms with E-state index < -0.39 is 0 Å². The number of carbonyl (C=O) groups is 1. The summed E-state index contributed by atoms with van der Waals surface area (Å²) in [6.45, 7) is 1.53. The van der Waals surface area contributed by atoms with E-state index in [0.29, 0.717) is 5.92 Å². The van der Waals surface area contributed by atoms with Gasteiger partial charge in [0.1, 0.15) is 0 Å². The minimum Gasteiger partial charge on any atom is -0.326 e. The molecule has 0 unspecified atom stereocenters. The molecule has 23 heavy (non-hydrogen) atoms. The third-order valence-electron chi connectivity index (χ3n) is 4.29. The lowest BCUT2D eigenvalue weighted by Crippen LogP contribution is -2.07. The van der Waals surface area contributed by atoms with Gasteiger partial charge in [0.05, 0.1) is 0 Å². The first-order chi connectivity index (χ1) is 11.2. The second-order valence-electron chi connectivity index (χ2n) is 5.91. The number of carbonyl (C=O) groups excluding carboxylic acids is 1. The number of allylic oxidation sites excluding steroid dienone is 1. The van der Waals surface area contributed by atoms with Crippen molar-refractivity contribution >= 4 is 39.1 Å². The molecule has 1 N–H and O–H groups in total. The van der Waals surface area contributed by atoms with Crippen LogP contribution in [0.25, 0.3) is 16.2 Å². The maximum atomic E-state index is 11.1. The van der Waals surface area contributed by atoms with E-state index in [2.05, 4.69) is 53.9 Å². The number of benzene rings is 2. The van der Waals surface area contributed by atoms with Gasteiger partial charge in [-0.25, -0.2) is 0 Å². The summed E-state index contributed by atoms with van der Waals surface area (Å²) in [7, 11) is 0. The van der Waals surface area contributed by atoms with Gasteiger partial charge in [0.25, 0.3) is 0 Å². The van der Waals surface area contributed by atoms with Gasteiger partial charge in [-0.1, -0.05) is 36.4 Å². The molecule has 0 radical (unpaired) electrons. The van der Waals surface area contributed by atoms with Crippen LogP contribution in [0.4, 0.5) is 5.69 Å². The fourth-order valence-corrected chi connectivity index (χ4v) is 4.35. The van der Waals surface area contributed by atoms with Crippen molar-refractivity contribution in [3.05, 3.63) is 70.6 Å². The Bertz CT molecular complexity index is 905. The smallest absolute Gasteiger partial charge is 0.221 e. The Morgan fingerprint density at radius 3 is 2.70 bits per heavy atom. The Kier molecular flexibility index (Phi) is 3.50. The van der Waals surface area contributed by atoms with E-state index >= 15 is 0 Å². The summed E-state index contributed by atoms with van der Waals surface area (Å²) in [5.74, 6) is 0.358. The molecule has 0 aliphatic heterocycles. The molecule has 0 saturated heterocycles. The molecular weight excluding hydrogens is 302 g/mol. The second-order valence-corrected chi connectivity index (χ2v) is 7.00. The first-order valence-corrected chi connectivity index (χ1v) is 8.58. The fraction of sp³-hybridized carbons (Fsp3) is 0.150. The van der Waals surface area contributed by atoms with Crippen LogP contribution in [0.3, 0.4) is 0 Å². The van der Waals surface area contributed by atoms with Crippen LogP contribution in [0.1, 0.15) is 28.8 Å². The van der Waals surface area contributed by atoms with Crippen LogP contribution in [0.5, 0.6) is 0 Å². The highest BCUT2D eigenvalue weighted by molar-refractivity contribution is 7.20. The van der Waals surface area contributed by atoms with E-state index in [0.717, 1.165) is 12.1 Å². The van der Waals surface area contributed by atoms with Crippen molar-refractivity contribution in [3.8, 4) is 0 Å². The zero-order chi connectivity index (χ0) is 15.8. The number of fused-ring (bicyclic) bond motifs is 3. The molecular formula is C20H17NOS. The number of nitrogens with one attached hydrogen (secondary N) is 1. The highest BCUT2D eigenvalue weighted by atomic mass is 32.1. The minimum absolute atomic E-state index is 0.0373. The lowest BCUT2D eigenvalue weighted by atomic mass is 9.87. The topological polar surface area (TPSA) is 29.1 Å². The second kappa shape index (κ2) is 5.67. The quantitative estimate of drug-likeness (QED) is 0.690. The molecule has 0 spiro atoms. The number of amides is 1. The lowest BCUT2D eigenvalue weighted by molar-refractivity contribution is -0.114. The Balaban J connectivity index is 1.63. The first kappa shape index (κ1) is 14.2. The summed E-state index contributed by atoms with van der Waals surface area (Å²) in [6.07, 6.45) is 5.59. The molecule has 1 aromatic heterocycles. The van der Waals surface area contributed by atoms with E-state index in [1.807, 2.05) is 23.5 Å². The maximum Gasteiger partial charge on any atom is 0.221 e. The average Bonchev–Trinajstić information content (AvgIpc) is 2.93. The molecule has 2 nitrogen and oxygen atoms in total. The number of hydrogen-bond donors (Lipinski definition) is 1. The summed E-state index contributed by atoms with van der Waals surface area (Å²) in [5, 5.41) is 4.20. The molecule has 2 aromatic carbocycles. The van der Waals surface area contributed by atoms with Crippen LogP contribution < -0.4 is 5.32 Å². The molecule has 4 rings (SSSR count). The fourth-order valence-electron chi connectivity index (χ4n) is 3.20. The molecule has 114 valence electrons. The minimum atomic E-state index is -0.0373. The van der Waals surface area contributed by atoms with Crippen molar-refractivity contribution in [1.29, 1.82) is 0 Å². The Labute approximate surface area is 139 Å².